The van der Waals surface area contributed by atoms with Crippen LogP contribution in [0.25, 0.3) is 11.0 Å². The van der Waals surface area contributed by atoms with E-state index in [1.165, 1.54) is 17.7 Å². The van der Waals surface area contributed by atoms with Crippen molar-refractivity contribution < 1.29 is 18.4 Å². The van der Waals surface area contributed by atoms with Crippen molar-refractivity contribution in [1.29, 1.82) is 0 Å². The third-order valence-corrected chi connectivity index (χ3v) is 6.39. The van der Waals surface area contributed by atoms with Crippen molar-refractivity contribution in [2.75, 3.05) is 37.7 Å². The summed E-state index contributed by atoms with van der Waals surface area (Å²) in [7, 11) is 0. The van der Waals surface area contributed by atoms with E-state index in [4.69, 9.17) is 9.26 Å². The van der Waals surface area contributed by atoms with Gasteiger partial charge in [-0.15, -0.1) is 0 Å². The molecule has 1 amide bonds. The molecule has 7 heteroatoms. The zero-order chi connectivity index (χ0) is 21.2. The van der Waals surface area contributed by atoms with E-state index in [2.05, 4.69) is 16.1 Å². The van der Waals surface area contributed by atoms with Gasteiger partial charge in [0, 0.05) is 30.5 Å². The SMILES string of the molecule is O=C(OCCCN1CCC(c2noc3cc(F)ccc23)CC1)N1CCc2ccccc21. The minimum absolute atomic E-state index is 0.252. The third-order valence-electron chi connectivity index (χ3n) is 6.39. The van der Waals surface area contributed by atoms with E-state index in [1.54, 1.807) is 11.0 Å². The smallest absolute Gasteiger partial charge is 0.414 e. The van der Waals surface area contributed by atoms with Crippen molar-refractivity contribution in [3.63, 3.8) is 0 Å². The summed E-state index contributed by atoms with van der Waals surface area (Å²) < 4.78 is 24.2. The molecule has 0 spiro atoms. The fourth-order valence-corrected chi connectivity index (χ4v) is 4.71. The van der Waals surface area contributed by atoms with E-state index in [0.29, 0.717) is 24.7 Å². The van der Waals surface area contributed by atoms with Gasteiger partial charge < -0.3 is 14.2 Å². The number of nitrogens with zero attached hydrogens (tertiary/aromatic N) is 3. The van der Waals surface area contributed by atoms with E-state index in [9.17, 15) is 9.18 Å². The highest BCUT2D eigenvalue weighted by Crippen LogP contribution is 2.33. The molecule has 2 aromatic carbocycles. The van der Waals surface area contributed by atoms with Crippen LogP contribution >= 0.6 is 0 Å². The first-order valence-electron chi connectivity index (χ1n) is 11.0. The van der Waals surface area contributed by atoms with E-state index >= 15 is 0 Å². The number of amides is 1. The molecule has 0 bridgehead atoms. The average molecular weight is 423 g/mol. The molecule has 1 saturated heterocycles. The van der Waals surface area contributed by atoms with Crippen molar-refractivity contribution in [1.82, 2.24) is 10.1 Å². The van der Waals surface area contributed by atoms with Gasteiger partial charge in [0.05, 0.1) is 18.0 Å². The number of benzene rings is 2. The molecule has 1 fully saturated rings. The quantitative estimate of drug-likeness (QED) is 0.555. The van der Waals surface area contributed by atoms with Gasteiger partial charge in [0.2, 0.25) is 0 Å². The number of carbonyl (C=O) groups excluding carboxylic acids is 1. The number of anilines is 1. The maximum absolute atomic E-state index is 13.4. The largest absolute Gasteiger partial charge is 0.449 e. The number of aromatic nitrogens is 1. The van der Waals surface area contributed by atoms with Gasteiger partial charge in [-0.2, -0.15) is 0 Å². The Labute approximate surface area is 180 Å². The number of ether oxygens (including phenoxy) is 1. The summed E-state index contributed by atoms with van der Waals surface area (Å²) in [6.07, 6.45) is 3.43. The van der Waals surface area contributed by atoms with Crippen LogP contribution in [-0.2, 0) is 11.2 Å². The highest BCUT2D eigenvalue weighted by atomic mass is 19.1. The standard InChI is InChI=1S/C24H26FN3O3/c25-19-6-7-20-22(16-19)31-26-23(20)18-8-12-27(13-9-18)11-3-15-30-24(29)28-14-10-17-4-1-2-5-21(17)28/h1-2,4-7,16,18H,3,8-15H2. The highest BCUT2D eigenvalue weighted by Gasteiger charge is 2.26. The second-order valence-electron chi connectivity index (χ2n) is 8.32. The Morgan fingerprint density at radius 3 is 2.87 bits per heavy atom. The lowest BCUT2D eigenvalue weighted by Gasteiger charge is -2.31. The van der Waals surface area contributed by atoms with Gasteiger partial charge in [0.15, 0.2) is 5.58 Å². The molecule has 1 aromatic heterocycles. The van der Waals surface area contributed by atoms with Gasteiger partial charge in [0.1, 0.15) is 5.82 Å². The number of rotatable bonds is 5. The van der Waals surface area contributed by atoms with Crippen LogP contribution in [0.2, 0.25) is 0 Å². The molecule has 2 aliphatic rings. The van der Waals surface area contributed by atoms with Crippen LogP contribution in [0.4, 0.5) is 14.9 Å². The van der Waals surface area contributed by atoms with E-state index in [0.717, 1.165) is 62.1 Å². The van der Waals surface area contributed by atoms with Crippen molar-refractivity contribution in [2.24, 2.45) is 0 Å². The molecular weight excluding hydrogens is 397 g/mol. The number of halogens is 1. The molecule has 0 unspecified atom stereocenters. The Hall–Kier alpha value is -2.93. The Balaban J connectivity index is 1.06. The number of para-hydroxylation sites is 1. The fraction of sp³-hybridized carbons (Fsp3) is 0.417. The molecule has 162 valence electrons. The van der Waals surface area contributed by atoms with Gasteiger partial charge in [-0.25, -0.2) is 9.18 Å². The number of hydrogen-bond donors (Lipinski definition) is 0. The molecule has 0 radical (unpaired) electrons. The minimum atomic E-state index is -0.306. The monoisotopic (exact) mass is 423 g/mol. The van der Waals surface area contributed by atoms with Crippen LogP contribution in [-0.4, -0.2) is 48.9 Å². The molecule has 31 heavy (non-hydrogen) atoms. The molecule has 5 rings (SSSR count). The first kappa shape index (κ1) is 20.0. The normalized spacial score (nSPS) is 17.3. The van der Waals surface area contributed by atoms with Crippen LogP contribution in [0, 0.1) is 5.82 Å². The molecule has 2 aliphatic heterocycles. The Morgan fingerprint density at radius 1 is 1.16 bits per heavy atom. The minimum Gasteiger partial charge on any atom is -0.449 e. The van der Waals surface area contributed by atoms with Crippen LogP contribution in [0.1, 0.15) is 36.4 Å². The number of carbonyl (C=O) groups is 1. The van der Waals surface area contributed by atoms with Gasteiger partial charge in [0.25, 0.3) is 0 Å². The highest BCUT2D eigenvalue weighted by molar-refractivity contribution is 5.90. The van der Waals surface area contributed by atoms with E-state index < -0.39 is 0 Å². The summed E-state index contributed by atoms with van der Waals surface area (Å²) >= 11 is 0. The second kappa shape index (κ2) is 8.67. The molecule has 0 aliphatic carbocycles. The first-order valence-corrected chi connectivity index (χ1v) is 11.0. The second-order valence-corrected chi connectivity index (χ2v) is 8.32. The zero-order valence-electron chi connectivity index (χ0n) is 17.4. The van der Waals surface area contributed by atoms with E-state index in [1.807, 2.05) is 18.2 Å². The lowest BCUT2D eigenvalue weighted by molar-refractivity contribution is 0.140. The van der Waals surface area contributed by atoms with Gasteiger partial charge >= 0.3 is 6.09 Å². The van der Waals surface area contributed by atoms with Crippen molar-refractivity contribution >= 4 is 22.7 Å². The predicted octanol–water partition coefficient (Wildman–Crippen LogP) is 4.74. The molecule has 0 saturated carbocycles. The summed E-state index contributed by atoms with van der Waals surface area (Å²) in [4.78, 5) is 16.5. The summed E-state index contributed by atoms with van der Waals surface area (Å²) in [6.45, 7) is 3.95. The van der Waals surface area contributed by atoms with Gasteiger partial charge in [-0.3, -0.25) is 4.90 Å². The molecule has 3 heterocycles. The molecular formula is C24H26FN3O3. The molecule has 0 N–H and O–H groups in total. The van der Waals surface area contributed by atoms with Crippen molar-refractivity contribution in [2.45, 2.75) is 31.6 Å². The van der Waals surface area contributed by atoms with Crippen LogP contribution in [0.15, 0.2) is 47.0 Å². The number of hydrogen-bond acceptors (Lipinski definition) is 5. The molecule has 0 atom stereocenters. The van der Waals surface area contributed by atoms with Gasteiger partial charge in [-0.1, -0.05) is 23.4 Å². The number of fused-ring (bicyclic) bond motifs is 2. The topological polar surface area (TPSA) is 58.8 Å². The number of piperidine rings is 1. The summed E-state index contributed by atoms with van der Waals surface area (Å²) in [5.74, 6) is 0.0238. The van der Waals surface area contributed by atoms with E-state index in [-0.39, 0.29) is 11.9 Å². The van der Waals surface area contributed by atoms with Crippen LogP contribution in [0.3, 0.4) is 0 Å². The summed E-state index contributed by atoms with van der Waals surface area (Å²) in [5.41, 5.74) is 3.62. The van der Waals surface area contributed by atoms with Crippen LogP contribution in [0.5, 0.6) is 0 Å². The lowest BCUT2D eigenvalue weighted by Crippen LogP contribution is -2.35. The maximum Gasteiger partial charge on any atom is 0.414 e. The Bertz CT molecular complexity index is 1070. The third kappa shape index (κ3) is 4.14. The van der Waals surface area contributed by atoms with Crippen molar-refractivity contribution in [3.8, 4) is 0 Å². The number of likely N-dealkylation sites (tertiary alicyclic amines) is 1. The first-order chi connectivity index (χ1) is 15.2. The summed E-state index contributed by atoms with van der Waals surface area (Å²) in [5, 5.41) is 5.12. The zero-order valence-corrected chi connectivity index (χ0v) is 17.4. The lowest BCUT2D eigenvalue weighted by atomic mass is 9.91. The summed E-state index contributed by atoms with van der Waals surface area (Å²) in [6, 6.07) is 12.6. The van der Waals surface area contributed by atoms with Gasteiger partial charge in [-0.05, 0) is 62.5 Å². The predicted molar refractivity (Wildman–Crippen MR) is 116 cm³/mol. The maximum atomic E-state index is 13.4. The Kier molecular flexibility index (Phi) is 5.59. The molecule has 3 aromatic rings. The van der Waals surface area contributed by atoms with Crippen LogP contribution < -0.4 is 4.90 Å². The molecule has 6 nitrogen and oxygen atoms in total. The Morgan fingerprint density at radius 2 is 2.00 bits per heavy atom. The fourth-order valence-electron chi connectivity index (χ4n) is 4.71. The average Bonchev–Trinajstić information content (AvgIpc) is 3.41. The van der Waals surface area contributed by atoms with Crippen molar-refractivity contribution in [3.05, 3.63) is 59.5 Å².